The predicted octanol–water partition coefficient (Wildman–Crippen LogP) is 3.89. The van der Waals surface area contributed by atoms with Crippen LogP contribution in [-0.4, -0.2) is 23.2 Å². The lowest BCUT2D eigenvalue weighted by Gasteiger charge is -2.04. The SMILES string of the molecule is O=C(CSc1nc2ccccc2s1)NCCc1ccc(F)cc1. The van der Waals surface area contributed by atoms with E-state index in [-0.39, 0.29) is 11.7 Å². The smallest absolute Gasteiger partial charge is 0.230 e. The molecule has 0 aliphatic heterocycles. The van der Waals surface area contributed by atoms with E-state index < -0.39 is 0 Å². The molecule has 0 saturated carbocycles. The highest BCUT2D eigenvalue weighted by molar-refractivity contribution is 8.01. The number of aromatic nitrogens is 1. The largest absolute Gasteiger partial charge is 0.355 e. The van der Waals surface area contributed by atoms with E-state index in [0.29, 0.717) is 18.7 Å². The lowest BCUT2D eigenvalue weighted by molar-refractivity contribution is -0.118. The number of hydrogen-bond acceptors (Lipinski definition) is 4. The summed E-state index contributed by atoms with van der Waals surface area (Å²) >= 11 is 3.05. The number of carbonyl (C=O) groups excluding carboxylic acids is 1. The van der Waals surface area contributed by atoms with Gasteiger partial charge in [-0.1, -0.05) is 36.0 Å². The summed E-state index contributed by atoms with van der Waals surface area (Å²) < 4.78 is 14.8. The Bertz CT molecular complexity index is 769. The van der Waals surface area contributed by atoms with E-state index in [0.717, 1.165) is 20.1 Å². The molecule has 1 N–H and O–H groups in total. The fraction of sp³-hybridized carbons (Fsp3) is 0.176. The minimum Gasteiger partial charge on any atom is -0.355 e. The van der Waals surface area contributed by atoms with Gasteiger partial charge in [0.25, 0.3) is 0 Å². The number of nitrogens with one attached hydrogen (secondary N) is 1. The van der Waals surface area contributed by atoms with Gasteiger partial charge in [-0.15, -0.1) is 11.3 Å². The minimum atomic E-state index is -0.245. The van der Waals surface area contributed by atoms with E-state index in [1.165, 1.54) is 23.9 Å². The van der Waals surface area contributed by atoms with Gasteiger partial charge in [0.05, 0.1) is 16.0 Å². The van der Waals surface area contributed by atoms with E-state index in [2.05, 4.69) is 10.3 Å². The van der Waals surface area contributed by atoms with Gasteiger partial charge < -0.3 is 5.32 Å². The molecule has 1 heterocycles. The van der Waals surface area contributed by atoms with Gasteiger partial charge >= 0.3 is 0 Å². The highest BCUT2D eigenvalue weighted by atomic mass is 32.2. The fourth-order valence-corrected chi connectivity index (χ4v) is 3.99. The lowest BCUT2D eigenvalue weighted by Crippen LogP contribution is -2.27. The zero-order valence-corrected chi connectivity index (χ0v) is 13.9. The van der Waals surface area contributed by atoms with Crippen molar-refractivity contribution in [2.45, 2.75) is 10.8 Å². The molecule has 1 aromatic heterocycles. The maximum atomic E-state index is 12.8. The molecule has 23 heavy (non-hydrogen) atoms. The number of carbonyl (C=O) groups is 1. The van der Waals surface area contributed by atoms with Crippen LogP contribution in [0.15, 0.2) is 52.9 Å². The van der Waals surface area contributed by atoms with Crippen LogP contribution in [0.5, 0.6) is 0 Å². The molecule has 2 aromatic carbocycles. The van der Waals surface area contributed by atoms with E-state index in [9.17, 15) is 9.18 Å². The van der Waals surface area contributed by atoms with E-state index in [4.69, 9.17) is 0 Å². The Morgan fingerprint density at radius 2 is 1.96 bits per heavy atom. The summed E-state index contributed by atoms with van der Waals surface area (Å²) in [6.07, 6.45) is 0.692. The average Bonchev–Trinajstić information content (AvgIpc) is 2.98. The number of rotatable bonds is 6. The van der Waals surface area contributed by atoms with Crippen LogP contribution in [0.4, 0.5) is 4.39 Å². The first-order valence-corrected chi connectivity index (χ1v) is 9.00. The Morgan fingerprint density at radius 1 is 1.17 bits per heavy atom. The molecule has 3 aromatic rings. The molecule has 0 saturated heterocycles. The number of amides is 1. The topological polar surface area (TPSA) is 42.0 Å². The molecule has 118 valence electrons. The highest BCUT2D eigenvalue weighted by Crippen LogP contribution is 2.28. The number of halogens is 1. The number of fused-ring (bicyclic) bond motifs is 1. The molecule has 0 unspecified atom stereocenters. The van der Waals surface area contributed by atoms with Crippen LogP contribution in [0, 0.1) is 5.82 Å². The monoisotopic (exact) mass is 346 g/mol. The van der Waals surface area contributed by atoms with Crippen LogP contribution in [0.3, 0.4) is 0 Å². The molecule has 0 fully saturated rings. The fourth-order valence-electron chi connectivity index (χ4n) is 2.09. The van der Waals surface area contributed by atoms with E-state index >= 15 is 0 Å². The number of para-hydroxylation sites is 1. The zero-order chi connectivity index (χ0) is 16.1. The number of thiazole rings is 1. The van der Waals surface area contributed by atoms with Gasteiger partial charge in [-0.2, -0.15) is 0 Å². The normalized spacial score (nSPS) is 10.8. The second kappa shape index (κ2) is 7.57. The summed E-state index contributed by atoms with van der Waals surface area (Å²) in [5, 5.41) is 2.87. The number of benzene rings is 2. The average molecular weight is 346 g/mol. The van der Waals surface area contributed by atoms with Crippen molar-refractivity contribution in [2.75, 3.05) is 12.3 Å². The van der Waals surface area contributed by atoms with Crippen molar-refractivity contribution in [3.8, 4) is 0 Å². The molecule has 3 nitrogen and oxygen atoms in total. The first kappa shape index (κ1) is 16.0. The van der Waals surface area contributed by atoms with Crippen molar-refractivity contribution in [3.63, 3.8) is 0 Å². The van der Waals surface area contributed by atoms with Crippen LogP contribution in [-0.2, 0) is 11.2 Å². The van der Waals surface area contributed by atoms with Crippen molar-refractivity contribution in [3.05, 3.63) is 59.9 Å². The molecule has 6 heteroatoms. The van der Waals surface area contributed by atoms with Crippen LogP contribution < -0.4 is 5.32 Å². The second-order valence-electron chi connectivity index (χ2n) is 4.96. The van der Waals surface area contributed by atoms with Crippen molar-refractivity contribution < 1.29 is 9.18 Å². The Balaban J connectivity index is 1.43. The quantitative estimate of drug-likeness (QED) is 0.689. The Hall–Kier alpha value is -1.92. The third-order valence-corrected chi connectivity index (χ3v) is 5.43. The van der Waals surface area contributed by atoms with Crippen molar-refractivity contribution >= 4 is 39.2 Å². The van der Waals surface area contributed by atoms with Crippen LogP contribution >= 0.6 is 23.1 Å². The van der Waals surface area contributed by atoms with Gasteiger partial charge in [0.1, 0.15) is 5.82 Å². The Kier molecular flexibility index (Phi) is 5.25. The van der Waals surface area contributed by atoms with Gasteiger partial charge in [-0.25, -0.2) is 9.37 Å². The number of nitrogens with zero attached hydrogens (tertiary/aromatic N) is 1. The molecule has 0 spiro atoms. The van der Waals surface area contributed by atoms with Crippen LogP contribution in [0.2, 0.25) is 0 Å². The molecule has 0 aliphatic rings. The molecular formula is C17H15FN2OS2. The Morgan fingerprint density at radius 3 is 2.74 bits per heavy atom. The third kappa shape index (κ3) is 4.53. The molecule has 1 amide bonds. The number of thioether (sulfide) groups is 1. The molecule has 3 rings (SSSR count). The summed E-state index contributed by atoms with van der Waals surface area (Å²) in [5.41, 5.74) is 1.97. The molecule has 0 aliphatic carbocycles. The summed E-state index contributed by atoms with van der Waals surface area (Å²) in [6.45, 7) is 0.546. The van der Waals surface area contributed by atoms with Crippen molar-refractivity contribution in [2.24, 2.45) is 0 Å². The first-order valence-electron chi connectivity index (χ1n) is 7.20. The molecule has 0 radical (unpaired) electrons. The van der Waals surface area contributed by atoms with Gasteiger partial charge in [0, 0.05) is 6.54 Å². The standard InChI is InChI=1S/C17H15FN2OS2/c18-13-7-5-12(6-8-13)9-10-19-16(21)11-22-17-20-14-3-1-2-4-15(14)23-17/h1-8H,9-11H2,(H,19,21). The lowest BCUT2D eigenvalue weighted by atomic mass is 10.1. The summed E-state index contributed by atoms with van der Waals surface area (Å²) in [4.78, 5) is 16.3. The summed E-state index contributed by atoms with van der Waals surface area (Å²) in [6, 6.07) is 14.3. The molecular weight excluding hydrogens is 331 g/mol. The maximum absolute atomic E-state index is 12.8. The van der Waals surface area contributed by atoms with Crippen molar-refractivity contribution in [1.82, 2.24) is 10.3 Å². The van der Waals surface area contributed by atoms with Crippen LogP contribution in [0.25, 0.3) is 10.2 Å². The predicted molar refractivity (Wildman–Crippen MR) is 93.5 cm³/mol. The van der Waals surface area contributed by atoms with Gasteiger partial charge in [0.2, 0.25) is 5.91 Å². The first-order chi connectivity index (χ1) is 11.2. The maximum Gasteiger partial charge on any atom is 0.230 e. The van der Waals surface area contributed by atoms with Crippen molar-refractivity contribution in [1.29, 1.82) is 0 Å². The third-order valence-electron chi connectivity index (χ3n) is 3.25. The van der Waals surface area contributed by atoms with Gasteiger partial charge in [-0.3, -0.25) is 4.79 Å². The van der Waals surface area contributed by atoms with Crippen LogP contribution in [0.1, 0.15) is 5.56 Å². The highest BCUT2D eigenvalue weighted by Gasteiger charge is 2.07. The second-order valence-corrected chi connectivity index (χ2v) is 7.22. The minimum absolute atomic E-state index is 0.0173. The summed E-state index contributed by atoms with van der Waals surface area (Å²) in [5.74, 6) is 0.0878. The molecule has 0 atom stereocenters. The number of hydrogen-bond donors (Lipinski definition) is 1. The van der Waals surface area contributed by atoms with E-state index in [1.807, 2.05) is 24.3 Å². The summed E-state index contributed by atoms with van der Waals surface area (Å²) in [7, 11) is 0. The Labute approximate surface area is 141 Å². The zero-order valence-electron chi connectivity index (χ0n) is 12.3. The van der Waals surface area contributed by atoms with Gasteiger partial charge in [0.15, 0.2) is 4.34 Å². The van der Waals surface area contributed by atoms with E-state index in [1.54, 1.807) is 23.5 Å². The van der Waals surface area contributed by atoms with Gasteiger partial charge in [-0.05, 0) is 36.2 Å². The molecule has 0 bridgehead atoms.